The Kier molecular flexibility index (Phi) is 6.35. The van der Waals surface area contributed by atoms with Gasteiger partial charge in [0, 0.05) is 49.9 Å². The van der Waals surface area contributed by atoms with Crippen LogP contribution in [-0.4, -0.2) is 73.5 Å². The summed E-state index contributed by atoms with van der Waals surface area (Å²) in [6.45, 7) is 8.63. The molecule has 34 heavy (non-hydrogen) atoms. The number of carbonyl (C=O) groups is 1. The maximum atomic E-state index is 11.8. The number of anilines is 3. The third-order valence-corrected chi connectivity index (χ3v) is 6.12. The Bertz CT molecular complexity index is 1180. The second kappa shape index (κ2) is 9.72. The number of carbonyl (C=O) groups excluding carboxylic acids is 1. The van der Waals surface area contributed by atoms with Crippen LogP contribution in [0, 0.1) is 0 Å². The minimum atomic E-state index is -0.178. The van der Waals surface area contributed by atoms with E-state index in [0.29, 0.717) is 19.1 Å². The first kappa shape index (κ1) is 22.2. The summed E-state index contributed by atoms with van der Waals surface area (Å²) >= 11 is 0. The highest BCUT2D eigenvalue weighted by molar-refractivity contribution is 5.92. The van der Waals surface area contributed by atoms with Gasteiger partial charge in [0.2, 0.25) is 12.7 Å². The van der Waals surface area contributed by atoms with Gasteiger partial charge in [-0.1, -0.05) is 12.1 Å². The molecule has 0 saturated carbocycles. The first-order chi connectivity index (χ1) is 16.7. The molecule has 178 valence electrons. The molecule has 0 radical (unpaired) electrons. The predicted molar refractivity (Wildman–Crippen MR) is 130 cm³/mol. The normalized spacial score (nSPS) is 15.5. The van der Waals surface area contributed by atoms with E-state index in [1.165, 1.54) is 0 Å². The molecule has 1 aromatic heterocycles. The van der Waals surface area contributed by atoms with Crippen LogP contribution in [0.1, 0.15) is 13.8 Å². The van der Waals surface area contributed by atoms with Gasteiger partial charge in [0.15, 0.2) is 11.5 Å². The molecule has 3 aromatic rings. The molecule has 2 aliphatic heterocycles. The van der Waals surface area contributed by atoms with Crippen molar-refractivity contribution < 1.29 is 19.0 Å². The molecule has 1 fully saturated rings. The molecule has 9 nitrogen and oxygen atoms in total. The molecular formula is C25H29N5O4. The second-order valence-electron chi connectivity index (χ2n) is 8.21. The van der Waals surface area contributed by atoms with Gasteiger partial charge in [-0.2, -0.15) is 4.98 Å². The van der Waals surface area contributed by atoms with Crippen LogP contribution in [-0.2, 0) is 9.53 Å². The quantitative estimate of drug-likeness (QED) is 0.491. The fourth-order valence-corrected chi connectivity index (χ4v) is 4.40. The van der Waals surface area contributed by atoms with Crippen molar-refractivity contribution in [3.05, 3.63) is 42.5 Å². The van der Waals surface area contributed by atoms with Crippen molar-refractivity contribution in [1.82, 2.24) is 14.9 Å². The number of esters is 1. The SMILES string of the molecule is CCOC(=O)CN1CCN(c2nc(N(CC)c3ccc4c(c3)OCO4)c3ccccc3n2)CC1. The Labute approximate surface area is 198 Å². The van der Waals surface area contributed by atoms with Crippen molar-refractivity contribution in [3.63, 3.8) is 0 Å². The van der Waals surface area contributed by atoms with E-state index in [-0.39, 0.29) is 12.8 Å². The van der Waals surface area contributed by atoms with Crippen molar-refractivity contribution >= 4 is 34.3 Å². The smallest absolute Gasteiger partial charge is 0.320 e. The zero-order chi connectivity index (χ0) is 23.5. The lowest BCUT2D eigenvalue weighted by Crippen LogP contribution is -2.48. The first-order valence-corrected chi connectivity index (χ1v) is 11.7. The van der Waals surface area contributed by atoms with Gasteiger partial charge in [-0.25, -0.2) is 4.98 Å². The highest BCUT2D eigenvalue weighted by atomic mass is 16.7. The lowest BCUT2D eigenvalue weighted by Gasteiger charge is -2.34. The largest absolute Gasteiger partial charge is 0.465 e. The standard InChI is InChI=1S/C25H29N5O4/c1-3-30(18-9-10-21-22(15-18)34-17-33-21)24-19-7-5-6-8-20(19)26-25(27-24)29-13-11-28(12-14-29)16-23(31)32-4-2/h5-10,15H,3-4,11-14,16-17H2,1-2H3. The van der Waals surface area contributed by atoms with E-state index >= 15 is 0 Å². The maximum absolute atomic E-state index is 11.8. The van der Waals surface area contributed by atoms with E-state index in [4.69, 9.17) is 24.2 Å². The van der Waals surface area contributed by atoms with Crippen LogP contribution in [0.3, 0.4) is 0 Å². The number of fused-ring (bicyclic) bond motifs is 2. The average Bonchev–Trinajstić information content (AvgIpc) is 3.33. The fraction of sp³-hybridized carbons (Fsp3) is 0.400. The number of nitrogens with zero attached hydrogens (tertiary/aromatic N) is 5. The summed E-state index contributed by atoms with van der Waals surface area (Å²) in [6, 6.07) is 14.1. The molecule has 2 aliphatic rings. The van der Waals surface area contributed by atoms with E-state index in [1.54, 1.807) is 0 Å². The van der Waals surface area contributed by atoms with Gasteiger partial charge in [0.05, 0.1) is 18.7 Å². The van der Waals surface area contributed by atoms with Gasteiger partial charge >= 0.3 is 5.97 Å². The number of ether oxygens (including phenoxy) is 3. The van der Waals surface area contributed by atoms with Crippen LogP contribution in [0.15, 0.2) is 42.5 Å². The summed E-state index contributed by atoms with van der Waals surface area (Å²) in [4.78, 5) is 28.2. The van der Waals surface area contributed by atoms with Crippen LogP contribution in [0.25, 0.3) is 10.9 Å². The van der Waals surface area contributed by atoms with E-state index in [2.05, 4.69) is 27.7 Å². The van der Waals surface area contributed by atoms with Gasteiger partial charge < -0.3 is 24.0 Å². The van der Waals surface area contributed by atoms with Gasteiger partial charge in [0.25, 0.3) is 0 Å². The van der Waals surface area contributed by atoms with Crippen molar-refractivity contribution in [3.8, 4) is 11.5 Å². The molecule has 0 N–H and O–H groups in total. The molecule has 3 heterocycles. The maximum Gasteiger partial charge on any atom is 0.320 e. The average molecular weight is 464 g/mol. The zero-order valence-electron chi connectivity index (χ0n) is 19.6. The van der Waals surface area contributed by atoms with Crippen LogP contribution in [0.4, 0.5) is 17.5 Å². The Morgan fingerprint density at radius 1 is 1.03 bits per heavy atom. The van der Waals surface area contributed by atoms with Crippen LogP contribution in [0.2, 0.25) is 0 Å². The summed E-state index contributed by atoms with van der Waals surface area (Å²) < 4.78 is 16.2. The minimum Gasteiger partial charge on any atom is -0.465 e. The monoisotopic (exact) mass is 463 g/mol. The van der Waals surface area contributed by atoms with Crippen molar-refractivity contribution in [2.75, 3.05) is 62.5 Å². The Morgan fingerprint density at radius 2 is 1.82 bits per heavy atom. The highest BCUT2D eigenvalue weighted by Gasteiger charge is 2.24. The number of hydrogen-bond acceptors (Lipinski definition) is 9. The molecule has 0 bridgehead atoms. The number of rotatable bonds is 7. The van der Waals surface area contributed by atoms with E-state index in [0.717, 1.165) is 66.6 Å². The Morgan fingerprint density at radius 3 is 2.62 bits per heavy atom. The minimum absolute atomic E-state index is 0.178. The number of hydrogen-bond donors (Lipinski definition) is 0. The van der Waals surface area contributed by atoms with Gasteiger partial charge in [-0.05, 0) is 38.1 Å². The third kappa shape index (κ3) is 4.43. The number of piperazine rings is 1. The van der Waals surface area contributed by atoms with Crippen molar-refractivity contribution in [2.45, 2.75) is 13.8 Å². The molecule has 5 rings (SSSR count). The predicted octanol–water partition coefficient (Wildman–Crippen LogP) is 3.20. The Balaban J connectivity index is 1.43. The third-order valence-electron chi connectivity index (χ3n) is 6.12. The Hall–Kier alpha value is -3.59. The van der Waals surface area contributed by atoms with Crippen molar-refractivity contribution in [1.29, 1.82) is 0 Å². The highest BCUT2D eigenvalue weighted by Crippen LogP contribution is 2.38. The molecule has 0 amide bonds. The van der Waals surface area contributed by atoms with E-state index in [9.17, 15) is 4.79 Å². The molecule has 0 aliphatic carbocycles. The molecule has 2 aromatic carbocycles. The lowest BCUT2D eigenvalue weighted by molar-refractivity contribution is -0.144. The topological polar surface area (TPSA) is 80.3 Å². The van der Waals surface area contributed by atoms with E-state index < -0.39 is 0 Å². The van der Waals surface area contributed by atoms with Gasteiger partial charge in [-0.3, -0.25) is 9.69 Å². The number of benzene rings is 2. The lowest BCUT2D eigenvalue weighted by atomic mass is 10.2. The summed E-state index contributed by atoms with van der Waals surface area (Å²) in [5.41, 5.74) is 1.89. The fourth-order valence-electron chi connectivity index (χ4n) is 4.40. The molecular weight excluding hydrogens is 434 g/mol. The number of aromatic nitrogens is 2. The molecule has 0 spiro atoms. The zero-order valence-corrected chi connectivity index (χ0v) is 19.6. The van der Waals surface area contributed by atoms with Gasteiger partial charge in [-0.15, -0.1) is 0 Å². The summed E-state index contributed by atoms with van der Waals surface area (Å²) in [6.07, 6.45) is 0. The summed E-state index contributed by atoms with van der Waals surface area (Å²) in [5.74, 6) is 2.88. The van der Waals surface area contributed by atoms with Crippen LogP contribution < -0.4 is 19.3 Å². The summed E-state index contributed by atoms with van der Waals surface area (Å²) in [5, 5.41) is 0.992. The molecule has 1 saturated heterocycles. The first-order valence-electron chi connectivity index (χ1n) is 11.7. The molecule has 9 heteroatoms. The van der Waals surface area contributed by atoms with Crippen molar-refractivity contribution in [2.24, 2.45) is 0 Å². The second-order valence-corrected chi connectivity index (χ2v) is 8.21. The molecule has 0 unspecified atom stereocenters. The van der Waals surface area contributed by atoms with Crippen LogP contribution >= 0.6 is 0 Å². The summed E-state index contributed by atoms with van der Waals surface area (Å²) in [7, 11) is 0. The molecule has 0 atom stereocenters. The number of para-hydroxylation sites is 1. The van der Waals surface area contributed by atoms with Crippen LogP contribution in [0.5, 0.6) is 11.5 Å². The van der Waals surface area contributed by atoms with Gasteiger partial charge in [0.1, 0.15) is 5.82 Å². The van der Waals surface area contributed by atoms with E-state index in [1.807, 2.05) is 43.3 Å².